The summed E-state index contributed by atoms with van der Waals surface area (Å²) in [6.45, 7) is 1.66. The molecule has 0 unspecified atom stereocenters. The molecule has 1 saturated heterocycles. The second kappa shape index (κ2) is 4.43. The lowest BCUT2D eigenvalue weighted by atomic mass is 10.1. The van der Waals surface area contributed by atoms with Crippen molar-refractivity contribution in [3.05, 3.63) is 21.6 Å². The van der Waals surface area contributed by atoms with E-state index in [2.05, 4.69) is 10.00 Å². The van der Waals surface area contributed by atoms with E-state index in [-0.39, 0.29) is 16.6 Å². The average Bonchev–Trinajstić information content (AvgIpc) is 2.28. The highest BCUT2D eigenvalue weighted by Gasteiger charge is 2.20. The first kappa shape index (κ1) is 11.4. The van der Waals surface area contributed by atoms with Crippen molar-refractivity contribution in [1.82, 2.24) is 9.78 Å². The summed E-state index contributed by atoms with van der Waals surface area (Å²) < 4.78 is 1.24. The topological polar surface area (TPSA) is 64.2 Å². The molecule has 0 aliphatic carbocycles. The molecule has 1 aromatic heterocycles. The van der Waals surface area contributed by atoms with E-state index in [0.29, 0.717) is 0 Å². The summed E-state index contributed by atoms with van der Waals surface area (Å²) in [5.74, 6) is 0. The summed E-state index contributed by atoms with van der Waals surface area (Å²) in [5.41, 5.74) is 6.29. The molecular formula is C10H15ClN4O. The summed E-state index contributed by atoms with van der Waals surface area (Å²) in [4.78, 5) is 13.7. The van der Waals surface area contributed by atoms with Crippen LogP contribution >= 0.6 is 11.6 Å². The molecule has 0 radical (unpaired) electrons. The van der Waals surface area contributed by atoms with Crippen molar-refractivity contribution in [2.75, 3.05) is 18.0 Å². The van der Waals surface area contributed by atoms with Gasteiger partial charge < -0.3 is 10.6 Å². The van der Waals surface area contributed by atoms with Crippen LogP contribution in [0.2, 0.25) is 5.02 Å². The minimum Gasteiger partial charge on any atom is -0.369 e. The number of hydrogen-bond acceptors (Lipinski definition) is 4. The van der Waals surface area contributed by atoms with Gasteiger partial charge in [0.05, 0.1) is 11.9 Å². The van der Waals surface area contributed by atoms with Gasteiger partial charge in [-0.05, 0) is 12.8 Å². The third-order valence-electron chi connectivity index (χ3n) is 2.94. The zero-order valence-corrected chi connectivity index (χ0v) is 9.94. The monoisotopic (exact) mass is 242 g/mol. The van der Waals surface area contributed by atoms with Gasteiger partial charge in [0.1, 0.15) is 5.02 Å². The van der Waals surface area contributed by atoms with Crippen molar-refractivity contribution in [3.63, 3.8) is 0 Å². The van der Waals surface area contributed by atoms with Crippen molar-refractivity contribution in [2.24, 2.45) is 12.8 Å². The lowest BCUT2D eigenvalue weighted by molar-refractivity contribution is 0.500. The Bertz CT molecular complexity index is 437. The lowest BCUT2D eigenvalue weighted by Crippen LogP contribution is -2.40. The first-order valence-electron chi connectivity index (χ1n) is 5.32. The quantitative estimate of drug-likeness (QED) is 0.773. The minimum atomic E-state index is -0.256. The molecule has 0 atom stereocenters. The highest BCUT2D eigenvalue weighted by atomic mass is 35.5. The van der Waals surface area contributed by atoms with Gasteiger partial charge in [-0.2, -0.15) is 5.10 Å². The molecule has 0 aromatic carbocycles. The Hall–Kier alpha value is -1.07. The Morgan fingerprint density at radius 1 is 1.50 bits per heavy atom. The maximum atomic E-state index is 11.6. The number of aromatic nitrogens is 2. The molecule has 16 heavy (non-hydrogen) atoms. The van der Waals surface area contributed by atoms with Crippen LogP contribution in [-0.4, -0.2) is 28.9 Å². The van der Waals surface area contributed by atoms with E-state index in [1.165, 1.54) is 4.68 Å². The molecule has 0 amide bonds. The Morgan fingerprint density at radius 3 is 2.75 bits per heavy atom. The van der Waals surface area contributed by atoms with Gasteiger partial charge in [-0.15, -0.1) is 0 Å². The summed E-state index contributed by atoms with van der Waals surface area (Å²) in [6, 6.07) is 0.259. The first-order chi connectivity index (χ1) is 7.59. The number of hydrogen-bond donors (Lipinski definition) is 1. The van der Waals surface area contributed by atoms with E-state index >= 15 is 0 Å². The number of nitrogens with two attached hydrogens (primary N) is 1. The van der Waals surface area contributed by atoms with Crippen LogP contribution in [0.25, 0.3) is 0 Å². The lowest BCUT2D eigenvalue weighted by Gasteiger charge is -2.32. The molecule has 2 rings (SSSR count). The third-order valence-corrected chi connectivity index (χ3v) is 3.30. The highest BCUT2D eigenvalue weighted by molar-refractivity contribution is 6.33. The highest BCUT2D eigenvalue weighted by Crippen LogP contribution is 2.23. The SMILES string of the molecule is Cn1ncc(N2CCC(N)CC2)c(Cl)c1=O. The smallest absolute Gasteiger partial charge is 0.287 e. The Morgan fingerprint density at radius 2 is 2.12 bits per heavy atom. The average molecular weight is 243 g/mol. The molecular weight excluding hydrogens is 228 g/mol. The number of piperidine rings is 1. The molecule has 1 aromatic rings. The van der Waals surface area contributed by atoms with Crippen LogP contribution in [-0.2, 0) is 7.05 Å². The number of halogens is 1. The Balaban J connectivity index is 2.28. The largest absolute Gasteiger partial charge is 0.369 e. The van der Waals surface area contributed by atoms with Crippen molar-refractivity contribution < 1.29 is 0 Å². The Kier molecular flexibility index (Phi) is 3.16. The van der Waals surface area contributed by atoms with E-state index < -0.39 is 0 Å². The summed E-state index contributed by atoms with van der Waals surface area (Å²) >= 11 is 6.02. The van der Waals surface area contributed by atoms with Crippen LogP contribution in [0.5, 0.6) is 0 Å². The van der Waals surface area contributed by atoms with E-state index in [1.54, 1.807) is 13.2 Å². The molecule has 0 bridgehead atoms. The maximum Gasteiger partial charge on any atom is 0.287 e. The molecule has 88 valence electrons. The fraction of sp³-hybridized carbons (Fsp3) is 0.600. The van der Waals surface area contributed by atoms with Crippen LogP contribution in [0.4, 0.5) is 5.69 Å². The van der Waals surface area contributed by atoms with Gasteiger partial charge in [-0.25, -0.2) is 4.68 Å². The van der Waals surface area contributed by atoms with Crippen LogP contribution in [0.15, 0.2) is 11.0 Å². The van der Waals surface area contributed by atoms with Crippen molar-refractivity contribution in [1.29, 1.82) is 0 Å². The normalized spacial score (nSPS) is 17.8. The number of anilines is 1. The standard InChI is InChI=1S/C10H15ClN4O/c1-14-10(16)9(11)8(6-13-14)15-4-2-7(12)3-5-15/h6-7H,2-5,12H2,1H3. The second-order valence-electron chi connectivity index (χ2n) is 4.10. The third kappa shape index (κ3) is 2.05. The molecule has 1 aliphatic rings. The van der Waals surface area contributed by atoms with Gasteiger partial charge >= 0.3 is 0 Å². The van der Waals surface area contributed by atoms with E-state index in [1.807, 2.05) is 0 Å². The van der Waals surface area contributed by atoms with Crippen LogP contribution in [0, 0.1) is 0 Å². The van der Waals surface area contributed by atoms with E-state index in [0.717, 1.165) is 31.6 Å². The predicted molar refractivity (Wildman–Crippen MR) is 63.9 cm³/mol. The molecule has 0 spiro atoms. The molecule has 6 heteroatoms. The minimum absolute atomic E-state index is 0.243. The van der Waals surface area contributed by atoms with Crippen LogP contribution in [0.1, 0.15) is 12.8 Å². The zero-order valence-electron chi connectivity index (χ0n) is 9.19. The van der Waals surface area contributed by atoms with Gasteiger partial charge in [0.2, 0.25) is 0 Å². The fourth-order valence-electron chi connectivity index (χ4n) is 1.86. The van der Waals surface area contributed by atoms with E-state index in [4.69, 9.17) is 17.3 Å². The fourth-order valence-corrected chi connectivity index (χ4v) is 2.15. The summed E-state index contributed by atoms with van der Waals surface area (Å²) in [6.07, 6.45) is 3.48. The Labute approximate surface area is 98.8 Å². The molecule has 1 fully saturated rings. The second-order valence-corrected chi connectivity index (χ2v) is 4.47. The van der Waals surface area contributed by atoms with Crippen molar-refractivity contribution in [2.45, 2.75) is 18.9 Å². The van der Waals surface area contributed by atoms with E-state index in [9.17, 15) is 4.79 Å². The molecule has 2 heterocycles. The maximum absolute atomic E-state index is 11.6. The molecule has 5 nitrogen and oxygen atoms in total. The van der Waals surface area contributed by atoms with Gasteiger partial charge in [-0.3, -0.25) is 4.79 Å². The van der Waals surface area contributed by atoms with Crippen molar-refractivity contribution in [3.8, 4) is 0 Å². The molecule has 0 saturated carbocycles. The van der Waals surface area contributed by atoms with Gasteiger partial charge in [0.25, 0.3) is 5.56 Å². The first-order valence-corrected chi connectivity index (χ1v) is 5.69. The number of rotatable bonds is 1. The van der Waals surface area contributed by atoms with Crippen LogP contribution < -0.4 is 16.2 Å². The van der Waals surface area contributed by atoms with Crippen molar-refractivity contribution >= 4 is 17.3 Å². The molecule has 2 N–H and O–H groups in total. The number of nitrogens with zero attached hydrogens (tertiary/aromatic N) is 3. The predicted octanol–water partition coefficient (Wildman–Crippen LogP) is 0.361. The van der Waals surface area contributed by atoms with Crippen LogP contribution in [0.3, 0.4) is 0 Å². The number of aryl methyl sites for hydroxylation is 1. The van der Waals surface area contributed by atoms with Gasteiger partial charge in [0.15, 0.2) is 0 Å². The van der Waals surface area contributed by atoms with Gasteiger partial charge in [0, 0.05) is 26.2 Å². The molecule has 1 aliphatic heterocycles. The summed E-state index contributed by atoms with van der Waals surface area (Å²) in [7, 11) is 1.59. The summed E-state index contributed by atoms with van der Waals surface area (Å²) in [5, 5.41) is 4.22. The zero-order chi connectivity index (χ0) is 11.7. The van der Waals surface area contributed by atoms with Gasteiger partial charge in [-0.1, -0.05) is 11.6 Å².